The van der Waals surface area contributed by atoms with E-state index in [9.17, 15) is 14.0 Å². The lowest BCUT2D eigenvalue weighted by atomic mass is 9.94. The van der Waals surface area contributed by atoms with E-state index >= 15 is 0 Å². The van der Waals surface area contributed by atoms with Gasteiger partial charge in [0.2, 0.25) is 11.9 Å². The van der Waals surface area contributed by atoms with E-state index in [4.69, 9.17) is 0 Å². The first kappa shape index (κ1) is 21.3. The largest absolute Gasteiger partial charge is 0.367 e. The van der Waals surface area contributed by atoms with Crippen molar-refractivity contribution >= 4 is 35.0 Å². The monoisotopic (exact) mass is 465 g/mol. The highest BCUT2D eigenvalue weighted by molar-refractivity contribution is 6.11. The van der Waals surface area contributed by atoms with Crippen LogP contribution in [0.25, 0.3) is 0 Å². The van der Waals surface area contributed by atoms with Gasteiger partial charge in [0.1, 0.15) is 17.2 Å². The van der Waals surface area contributed by atoms with E-state index in [1.807, 2.05) is 11.0 Å². The van der Waals surface area contributed by atoms with E-state index in [1.165, 1.54) is 11.0 Å². The van der Waals surface area contributed by atoms with E-state index in [1.54, 1.807) is 12.3 Å². The van der Waals surface area contributed by atoms with Crippen LogP contribution in [0, 0.1) is 5.82 Å². The molecule has 9 nitrogen and oxygen atoms in total. The number of aromatic nitrogens is 2. The quantitative estimate of drug-likeness (QED) is 0.591. The molecular formula is C24H28FN7O2. The Morgan fingerprint density at radius 1 is 1.12 bits per heavy atom. The van der Waals surface area contributed by atoms with Crippen LogP contribution in [-0.4, -0.2) is 64.4 Å². The van der Waals surface area contributed by atoms with Crippen molar-refractivity contribution in [3.63, 3.8) is 0 Å². The number of hydrogen-bond donors (Lipinski definition) is 3. The van der Waals surface area contributed by atoms with Crippen LogP contribution < -0.4 is 20.9 Å². The molecule has 4 aliphatic rings. The molecule has 178 valence electrons. The Hall–Kier alpha value is -3.27. The SMILES string of the molecule is O=C1CC2(Cc3cnc(Nc4ccc(N5CCNCC5)c(F)c4)nc3N2)C(=O)N1C1CCCC1. The molecule has 0 radical (unpaired) electrons. The fourth-order valence-electron chi connectivity index (χ4n) is 5.71. The van der Waals surface area contributed by atoms with Crippen LogP contribution in [0.4, 0.5) is 27.5 Å². The molecule has 2 amide bonds. The Morgan fingerprint density at radius 2 is 1.91 bits per heavy atom. The number of anilines is 4. The van der Waals surface area contributed by atoms with Crippen molar-refractivity contribution in [2.45, 2.75) is 50.1 Å². The highest BCUT2D eigenvalue weighted by atomic mass is 19.1. The van der Waals surface area contributed by atoms with E-state index in [2.05, 4.69) is 25.9 Å². The van der Waals surface area contributed by atoms with Crippen LogP contribution in [0.5, 0.6) is 0 Å². The number of halogens is 1. The second kappa shape index (κ2) is 8.19. The number of likely N-dealkylation sites (tertiary alicyclic amines) is 1. The number of imide groups is 1. The number of hydrogen-bond acceptors (Lipinski definition) is 8. The summed E-state index contributed by atoms with van der Waals surface area (Å²) >= 11 is 0. The summed E-state index contributed by atoms with van der Waals surface area (Å²) in [7, 11) is 0. The Bertz CT molecular complexity index is 1150. The number of nitrogens with one attached hydrogen (secondary N) is 3. The Balaban J connectivity index is 1.18. The Kier molecular flexibility index (Phi) is 5.13. The molecule has 1 saturated carbocycles. The summed E-state index contributed by atoms with van der Waals surface area (Å²) in [5.41, 5.74) is 0.970. The number of nitrogens with zero attached hydrogens (tertiary/aromatic N) is 4. The third-order valence-electron chi connectivity index (χ3n) is 7.42. The topological polar surface area (TPSA) is 102 Å². The lowest BCUT2D eigenvalue weighted by Crippen LogP contribution is -2.48. The molecule has 1 atom stereocenters. The van der Waals surface area contributed by atoms with E-state index in [0.29, 0.717) is 29.6 Å². The first-order valence-electron chi connectivity index (χ1n) is 12.1. The zero-order valence-electron chi connectivity index (χ0n) is 18.9. The number of carbonyl (C=O) groups excluding carboxylic acids is 2. The molecule has 1 aliphatic carbocycles. The minimum absolute atomic E-state index is 0.0206. The summed E-state index contributed by atoms with van der Waals surface area (Å²) in [6.45, 7) is 3.21. The minimum atomic E-state index is -0.966. The lowest BCUT2D eigenvalue weighted by Gasteiger charge is -2.29. The number of piperazine rings is 1. The van der Waals surface area contributed by atoms with Gasteiger partial charge in [0.25, 0.3) is 5.91 Å². The number of fused-ring (bicyclic) bond motifs is 1. The molecule has 2 saturated heterocycles. The standard InChI is InChI=1S/C24H28FN7O2/c25-18-11-16(5-6-19(18)31-9-7-26-8-10-31)28-23-27-14-15-12-24(30-21(15)29-23)13-20(33)32(22(24)34)17-3-1-2-4-17/h5-6,11,14,17,26H,1-4,7-10,12-13H2,(H2,27,28,29,30). The van der Waals surface area contributed by atoms with E-state index < -0.39 is 5.54 Å². The first-order chi connectivity index (χ1) is 16.5. The highest BCUT2D eigenvalue weighted by Gasteiger charge is 2.56. The van der Waals surface area contributed by atoms with Crippen LogP contribution in [0.3, 0.4) is 0 Å². The molecule has 3 N–H and O–H groups in total. The van der Waals surface area contributed by atoms with Gasteiger partial charge in [0.05, 0.1) is 12.1 Å². The normalized spacial score (nSPS) is 24.7. The predicted molar refractivity (Wildman–Crippen MR) is 126 cm³/mol. The van der Waals surface area contributed by atoms with Gasteiger partial charge in [-0.15, -0.1) is 0 Å². The third-order valence-corrected chi connectivity index (χ3v) is 7.42. The molecule has 3 fully saturated rings. The van der Waals surface area contributed by atoms with Crippen molar-refractivity contribution in [3.8, 4) is 0 Å². The number of amides is 2. The first-order valence-corrected chi connectivity index (χ1v) is 12.1. The summed E-state index contributed by atoms with van der Waals surface area (Å²) in [4.78, 5) is 38.5. The average Bonchev–Trinajstić information content (AvgIpc) is 3.53. The third kappa shape index (κ3) is 3.56. The average molecular weight is 466 g/mol. The molecular weight excluding hydrogens is 437 g/mol. The van der Waals surface area contributed by atoms with Gasteiger partial charge >= 0.3 is 0 Å². The Morgan fingerprint density at radius 3 is 2.68 bits per heavy atom. The van der Waals surface area contributed by atoms with Crippen LogP contribution in [0.1, 0.15) is 37.7 Å². The smallest absolute Gasteiger partial charge is 0.256 e. The van der Waals surface area contributed by atoms with Crippen molar-refractivity contribution < 1.29 is 14.0 Å². The van der Waals surface area contributed by atoms with Crippen molar-refractivity contribution in [2.75, 3.05) is 41.7 Å². The Labute approximate surface area is 197 Å². The van der Waals surface area contributed by atoms with Gasteiger partial charge < -0.3 is 20.9 Å². The summed E-state index contributed by atoms with van der Waals surface area (Å²) < 4.78 is 14.8. The maximum atomic E-state index is 14.8. The van der Waals surface area contributed by atoms with Crippen molar-refractivity contribution in [1.29, 1.82) is 0 Å². The summed E-state index contributed by atoms with van der Waals surface area (Å²) in [5.74, 6) is 0.296. The highest BCUT2D eigenvalue weighted by Crippen LogP contribution is 2.41. The second-order valence-electron chi connectivity index (χ2n) is 9.66. The number of carbonyl (C=O) groups is 2. The van der Waals surface area contributed by atoms with Gasteiger partial charge in [-0.2, -0.15) is 4.98 Å². The zero-order chi connectivity index (χ0) is 23.3. The van der Waals surface area contributed by atoms with Gasteiger partial charge in [0.15, 0.2) is 0 Å². The van der Waals surface area contributed by atoms with E-state index in [0.717, 1.165) is 57.4 Å². The maximum Gasteiger partial charge on any atom is 0.256 e. The fourth-order valence-corrected chi connectivity index (χ4v) is 5.71. The molecule has 6 rings (SSSR count). The van der Waals surface area contributed by atoms with Gasteiger partial charge in [-0.3, -0.25) is 14.5 Å². The summed E-state index contributed by atoms with van der Waals surface area (Å²) in [6.07, 6.45) is 6.09. The zero-order valence-corrected chi connectivity index (χ0v) is 18.9. The van der Waals surface area contributed by atoms with Gasteiger partial charge in [-0.25, -0.2) is 9.37 Å². The van der Waals surface area contributed by atoms with Crippen LogP contribution >= 0.6 is 0 Å². The van der Waals surface area contributed by atoms with Crippen molar-refractivity contribution in [3.05, 3.63) is 35.8 Å². The predicted octanol–water partition coefficient (Wildman–Crippen LogP) is 2.18. The molecule has 4 heterocycles. The molecule has 0 bridgehead atoms. The molecule has 34 heavy (non-hydrogen) atoms. The van der Waals surface area contributed by atoms with Crippen LogP contribution in [0.15, 0.2) is 24.4 Å². The molecule has 2 aromatic rings. The molecule has 1 unspecified atom stereocenters. The van der Waals surface area contributed by atoms with Crippen LogP contribution in [-0.2, 0) is 16.0 Å². The lowest BCUT2D eigenvalue weighted by molar-refractivity contribution is -0.142. The van der Waals surface area contributed by atoms with Crippen molar-refractivity contribution in [2.24, 2.45) is 0 Å². The molecule has 1 aromatic heterocycles. The fraction of sp³-hybridized carbons (Fsp3) is 0.500. The van der Waals surface area contributed by atoms with E-state index in [-0.39, 0.29) is 30.1 Å². The van der Waals surface area contributed by atoms with Gasteiger partial charge in [-0.05, 0) is 31.0 Å². The molecule has 1 aromatic carbocycles. The van der Waals surface area contributed by atoms with Crippen LogP contribution in [0.2, 0.25) is 0 Å². The second-order valence-corrected chi connectivity index (χ2v) is 9.66. The number of rotatable bonds is 4. The number of benzene rings is 1. The minimum Gasteiger partial charge on any atom is -0.367 e. The molecule has 10 heteroatoms. The van der Waals surface area contributed by atoms with Gasteiger partial charge in [0, 0.05) is 56.1 Å². The molecule has 3 aliphatic heterocycles. The summed E-state index contributed by atoms with van der Waals surface area (Å²) in [5, 5.41) is 9.57. The van der Waals surface area contributed by atoms with Gasteiger partial charge in [-0.1, -0.05) is 12.8 Å². The van der Waals surface area contributed by atoms with Crippen molar-refractivity contribution in [1.82, 2.24) is 20.2 Å². The molecule has 1 spiro atoms. The maximum absolute atomic E-state index is 14.8. The summed E-state index contributed by atoms with van der Waals surface area (Å²) in [6, 6.07) is 5.04.